The average molecular weight is 429 g/mol. The first-order chi connectivity index (χ1) is 13.9. The smallest absolute Gasteiger partial charge is 0.258 e. The van der Waals surface area contributed by atoms with Crippen molar-refractivity contribution in [2.45, 2.75) is 11.8 Å². The number of carbonyl (C=O) groups is 2. The molecule has 0 saturated carbocycles. The van der Waals surface area contributed by atoms with Gasteiger partial charge in [0, 0.05) is 21.3 Å². The first-order valence-corrected chi connectivity index (χ1v) is 10.1. The van der Waals surface area contributed by atoms with Gasteiger partial charge >= 0.3 is 0 Å². The van der Waals surface area contributed by atoms with Crippen LogP contribution in [0.4, 0.5) is 15.8 Å². The lowest BCUT2D eigenvalue weighted by molar-refractivity contribution is -0.113. The molecular weight excluding hydrogens is 411 g/mol. The molecule has 0 fully saturated rings. The number of amides is 2. The minimum Gasteiger partial charge on any atom is -0.325 e. The second-order valence-electron chi connectivity index (χ2n) is 6.21. The summed E-state index contributed by atoms with van der Waals surface area (Å²) in [5, 5.41) is 6.10. The van der Waals surface area contributed by atoms with Crippen LogP contribution in [-0.4, -0.2) is 17.6 Å². The molecule has 0 aliphatic carbocycles. The lowest BCUT2D eigenvalue weighted by Crippen LogP contribution is -2.15. The number of benzene rings is 3. The van der Waals surface area contributed by atoms with E-state index in [1.165, 1.54) is 30.0 Å². The number of nitrogens with one attached hydrogen (secondary N) is 2. The molecule has 0 aromatic heterocycles. The Morgan fingerprint density at radius 2 is 1.69 bits per heavy atom. The summed E-state index contributed by atoms with van der Waals surface area (Å²) in [6.07, 6.45) is 0. The van der Waals surface area contributed by atoms with Crippen molar-refractivity contribution in [1.29, 1.82) is 0 Å². The van der Waals surface area contributed by atoms with Crippen LogP contribution in [0.5, 0.6) is 0 Å². The molecule has 3 rings (SSSR count). The normalized spacial score (nSPS) is 10.4. The highest BCUT2D eigenvalue weighted by Gasteiger charge is 2.11. The molecule has 4 nitrogen and oxygen atoms in total. The fourth-order valence-electron chi connectivity index (χ4n) is 2.56. The Morgan fingerprint density at radius 3 is 2.41 bits per heavy atom. The number of hydrogen-bond donors (Lipinski definition) is 2. The summed E-state index contributed by atoms with van der Waals surface area (Å²) in [5.41, 5.74) is 2.04. The molecule has 0 aliphatic rings. The molecule has 0 atom stereocenters. The minimum absolute atomic E-state index is 0.0149. The van der Waals surface area contributed by atoms with E-state index in [4.69, 9.17) is 11.6 Å². The molecule has 2 amide bonds. The monoisotopic (exact) mass is 428 g/mol. The van der Waals surface area contributed by atoms with E-state index in [0.29, 0.717) is 16.4 Å². The fourth-order valence-corrected chi connectivity index (χ4v) is 3.43. The first-order valence-electron chi connectivity index (χ1n) is 8.78. The van der Waals surface area contributed by atoms with Crippen LogP contribution >= 0.6 is 23.4 Å². The Hall–Kier alpha value is -2.83. The van der Waals surface area contributed by atoms with Gasteiger partial charge in [-0.05, 0) is 61.0 Å². The first kappa shape index (κ1) is 20.9. The highest BCUT2D eigenvalue weighted by atomic mass is 35.5. The zero-order chi connectivity index (χ0) is 20.8. The van der Waals surface area contributed by atoms with Gasteiger partial charge in [0.1, 0.15) is 5.82 Å². The SMILES string of the molecule is Cc1c(Cl)cccc1NC(=O)CSc1ccc(NC(=O)c2ccccc2F)cc1. The van der Waals surface area contributed by atoms with E-state index in [1.54, 1.807) is 48.5 Å². The summed E-state index contributed by atoms with van der Waals surface area (Å²) in [5.74, 6) is -0.998. The number of rotatable bonds is 6. The van der Waals surface area contributed by atoms with Crippen molar-refractivity contribution in [3.05, 3.63) is 88.7 Å². The van der Waals surface area contributed by atoms with E-state index < -0.39 is 11.7 Å². The molecule has 0 saturated heterocycles. The largest absolute Gasteiger partial charge is 0.325 e. The van der Waals surface area contributed by atoms with Gasteiger partial charge in [-0.1, -0.05) is 29.8 Å². The number of anilines is 2. The van der Waals surface area contributed by atoms with Gasteiger partial charge in [-0.2, -0.15) is 0 Å². The van der Waals surface area contributed by atoms with Crippen molar-refractivity contribution in [2.75, 3.05) is 16.4 Å². The number of halogens is 2. The molecule has 0 radical (unpaired) electrons. The summed E-state index contributed by atoms with van der Waals surface area (Å²) >= 11 is 7.43. The van der Waals surface area contributed by atoms with Gasteiger partial charge in [-0.25, -0.2) is 4.39 Å². The van der Waals surface area contributed by atoms with Crippen LogP contribution < -0.4 is 10.6 Å². The summed E-state index contributed by atoms with van der Waals surface area (Å²) < 4.78 is 13.7. The summed E-state index contributed by atoms with van der Waals surface area (Å²) in [6, 6.07) is 18.2. The maximum atomic E-state index is 13.7. The highest BCUT2D eigenvalue weighted by Crippen LogP contribution is 2.24. The Labute approximate surface area is 177 Å². The van der Waals surface area contributed by atoms with Crippen LogP contribution in [0.15, 0.2) is 71.6 Å². The van der Waals surface area contributed by atoms with Crippen molar-refractivity contribution < 1.29 is 14.0 Å². The van der Waals surface area contributed by atoms with Crippen LogP contribution in [0.2, 0.25) is 5.02 Å². The number of hydrogen-bond acceptors (Lipinski definition) is 3. The van der Waals surface area contributed by atoms with Crippen molar-refractivity contribution in [3.63, 3.8) is 0 Å². The van der Waals surface area contributed by atoms with Gasteiger partial charge in [0.05, 0.1) is 11.3 Å². The van der Waals surface area contributed by atoms with Gasteiger partial charge in [0.15, 0.2) is 0 Å². The van der Waals surface area contributed by atoms with Crippen LogP contribution in [0.3, 0.4) is 0 Å². The molecule has 0 aliphatic heterocycles. The van der Waals surface area contributed by atoms with E-state index in [1.807, 2.05) is 6.92 Å². The Balaban J connectivity index is 1.54. The van der Waals surface area contributed by atoms with Crippen molar-refractivity contribution in [1.82, 2.24) is 0 Å². The Morgan fingerprint density at radius 1 is 0.966 bits per heavy atom. The van der Waals surface area contributed by atoms with Crippen LogP contribution in [0.25, 0.3) is 0 Å². The van der Waals surface area contributed by atoms with Gasteiger partial charge in [0.2, 0.25) is 5.91 Å². The lowest BCUT2D eigenvalue weighted by Gasteiger charge is -2.10. The van der Waals surface area contributed by atoms with Crippen molar-refractivity contribution >= 4 is 46.6 Å². The topological polar surface area (TPSA) is 58.2 Å². The second-order valence-corrected chi connectivity index (χ2v) is 7.66. The van der Waals surface area contributed by atoms with E-state index in [2.05, 4.69) is 10.6 Å². The molecule has 0 unspecified atom stereocenters. The third-order valence-electron chi connectivity index (χ3n) is 4.14. The van der Waals surface area contributed by atoms with Crippen molar-refractivity contribution in [2.24, 2.45) is 0 Å². The van der Waals surface area contributed by atoms with Gasteiger partial charge in [-0.3, -0.25) is 9.59 Å². The van der Waals surface area contributed by atoms with E-state index in [0.717, 1.165) is 10.5 Å². The predicted molar refractivity (Wildman–Crippen MR) is 116 cm³/mol. The Bertz CT molecular complexity index is 1040. The molecule has 0 bridgehead atoms. The van der Waals surface area contributed by atoms with Gasteiger partial charge < -0.3 is 10.6 Å². The maximum Gasteiger partial charge on any atom is 0.258 e. The molecule has 29 heavy (non-hydrogen) atoms. The zero-order valence-corrected chi connectivity index (χ0v) is 17.1. The lowest BCUT2D eigenvalue weighted by atomic mass is 10.2. The standard InChI is InChI=1S/C22H18ClFN2O2S/c1-14-18(23)6-4-8-20(14)26-21(27)13-29-16-11-9-15(10-12-16)25-22(28)17-5-2-3-7-19(17)24/h2-12H,13H2,1H3,(H,25,28)(H,26,27). The van der Waals surface area contributed by atoms with Crippen LogP contribution in [0, 0.1) is 12.7 Å². The molecule has 7 heteroatoms. The molecular formula is C22H18ClFN2O2S. The molecule has 3 aromatic rings. The second kappa shape index (κ2) is 9.58. The minimum atomic E-state index is -0.571. The quantitative estimate of drug-likeness (QED) is 0.490. The highest BCUT2D eigenvalue weighted by molar-refractivity contribution is 8.00. The third kappa shape index (κ3) is 5.59. The predicted octanol–water partition coefficient (Wildman–Crippen LogP) is 5.77. The Kier molecular flexibility index (Phi) is 6.90. The molecule has 148 valence electrons. The van der Waals surface area contributed by atoms with E-state index in [9.17, 15) is 14.0 Å². The zero-order valence-electron chi connectivity index (χ0n) is 15.5. The maximum absolute atomic E-state index is 13.7. The summed E-state index contributed by atoms with van der Waals surface area (Å²) in [6.45, 7) is 1.85. The van der Waals surface area contributed by atoms with Crippen LogP contribution in [-0.2, 0) is 4.79 Å². The average Bonchev–Trinajstić information content (AvgIpc) is 2.71. The summed E-state index contributed by atoms with van der Waals surface area (Å²) in [7, 11) is 0. The van der Waals surface area contributed by atoms with E-state index >= 15 is 0 Å². The number of thioether (sulfide) groups is 1. The molecule has 0 spiro atoms. The van der Waals surface area contributed by atoms with E-state index in [-0.39, 0.29) is 17.2 Å². The van der Waals surface area contributed by atoms with Crippen LogP contribution in [0.1, 0.15) is 15.9 Å². The van der Waals surface area contributed by atoms with Gasteiger partial charge in [0.25, 0.3) is 5.91 Å². The number of carbonyl (C=O) groups excluding carboxylic acids is 2. The molecule has 0 heterocycles. The van der Waals surface area contributed by atoms with Gasteiger partial charge in [-0.15, -0.1) is 11.8 Å². The third-order valence-corrected chi connectivity index (χ3v) is 5.56. The molecule has 2 N–H and O–H groups in total. The van der Waals surface area contributed by atoms with Crippen molar-refractivity contribution in [3.8, 4) is 0 Å². The molecule has 3 aromatic carbocycles. The fraction of sp³-hybridized carbons (Fsp3) is 0.0909. The summed E-state index contributed by atoms with van der Waals surface area (Å²) in [4.78, 5) is 25.2.